The maximum Gasteiger partial charge on any atom is 0.220 e. The number of hydrogen-bond donors (Lipinski definition) is 0. The van der Waals surface area contributed by atoms with Crippen molar-refractivity contribution >= 4 is 11.7 Å². The first-order valence-corrected chi connectivity index (χ1v) is 5.39. The topological polar surface area (TPSA) is 37.4 Å². The average molecular weight is 195 g/mol. The number of carbonyl (C=O) groups is 2. The van der Waals surface area contributed by atoms with Crippen molar-refractivity contribution in [3.05, 3.63) is 0 Å². The van der Waals surface area contributed by atoms with Crippen LogP contribution in [0, 0.1) is 11.8 Å². The van der Waals surface area contributed by atoms with Crippen molar-refractivity contribution in [1.29, 1.82) is 0 Å². The number of hydrogen-bond acceptors (Lipinski definition) is 2. The largest absolute Gasteiger partial charge is 0.332 e. The van der Waals surface area contributed by atoms with Gasteiger partial charge in [0, 0.05) is 13.5 Å². The van der Waals surface area contributed by atoms with E-state index in [1.54, 1.807) is 18.7 Å². The summed E-state index contributed by atoms with van der Waals surface area (Å²) < 4.78 is 0. The van der Waals surface area contributed by atoms with Crippen molar-refractivity contribution in [3.8, 4) is 0 Å². The molecule has 1 aliphatic carbocycles. The van der Waals surface area contributed by atoms with E-state index in [9.17, 15) is 9.59 Å². The van der Waals surface area contributed by atoms with E-state index in [1.807, 2.05) is 0 Å². The van der Waals surface area contributed by atoms with Crippen LogP contribution in [0.3, 0.4) is 0 Å². The van der Waals surface area contributed by atoms with Crippen LogP contribution in [0.2, 0.25) is 0 Å². The summed E-state index contributed by atoms with van der Waals surface area (Å²) in [7, 11) is 0. The highest BCUT2D eigenvalue weighted by Gasteiger charge is 2.46. The predicted octanol–water partition coefficient (Wildman–Crippen LogP) is 1.22. The number of nitrogens with zero attached hydrogens (tertiary/aromatic N) is 1. The van der Waals surface area contributed by atoms with Gasteiger partial charge in [-0.2, -0.15) is 0 Å². The zero-order valence-electron chi connectivity index (χ0n) is 8.82. The quantitative estimate of drug-likeness (QED) is 0.631. The Morgan fingerprint density at radius 2 is 1.93 bits per heavy atom. The molecule has 0 bridgehead atoms. The third-order valence-corrected chi connectivity index (χ3v) is 3.71. The van der Waals surface area contributed by atoms with Gasteiger partial charge in [0.1, 0.15) is 0 Å². The monoisotopic (exact) mass is 195 g/mol. The Morgan fingerprint density at radius 1 is 1.21 bits per heavy atom. The Balaban J connectivity index is 2.21. The smallest absolute Gasteiger partial charge is 0.220 e. The van der Waals surface area contributed by atoms with E-state index in [1.165, 1.54) is 12.8 Å². The molecule has 2 fully saturated rings. The lowest BCUT2D eigenvalue weighted by molar-refractivity contribution is -0.136. The lowest BCUT2D eigenvalue weighted by atomic mass is 9.92. The number of Topliss-reactive ketones (excluding diaryl/α,β-unsaturated/α-hetero) is 1. The van der Waals surface area contributed by atoms with Gasteiger partial charge in [-0.05, 0) is 31.6 Å². The van der Waals surface area contributed by atoms with Gasteiger partial charge in [-0.1, -0.05) is 6.42 Å². The van der Waals surface area contributed by atoms with Crippen molar-refractivity contribution < 1.29 is 9.59 Å². The van der Waals surface area contributed by atoms with Gasteiger partial charge in [-0.15, -0.1) is 0 Å². The Kier molecular flexibility index (Phi) is 2.33. The molecule has 3 atom stereocenters. The molecule has 1 heterocycles. The summed E-state index contributed by atoms with van der Waals surface area (Å²) in [5.74, 6) is 1.26. The van der Waals surface area contributed by atoms with Crippen LogP contribution >= 0.6 is 0 Å². The standard InChI is InChI=1S/C11H17NO2/c1-7(13)11-10-5-3-4-9(10)6-12(11)8(2)14/h9-11H,3-6H2,1-2H3/t9-,10-,11+/m0/s1. The fourth-order valence-corrected chi connectivity index (χ4v) is 3.15. The highest BCUT2D eigenvalue weighted by atomic mass is 16.2. The van der Waals surface area contributed by atoms with Crippen molar-refractivity contribution in [3.63, 3.8) is 0 Å². The highest BCUT2D eigenvalue weighted by Crippen LogP contribution is 2.42. The maximum absolute atomic E-state index is 11.5. The number of fused-ring (bicyclic) bond motifs is 1. The second-order valence-electron chi connectivity index (χ2n) is 4.58. The first-order valence-electron chi connectivity index (χ1n) is 5.39. The van der Waals surface area contributed by atoms with Gasteiger partial charge in [0.25, 0.3) is 0 Å². The van der Waals surface area contributed by atoms with Gasteiger partial charge >= 0.3 is 0 Å². The van der Waals surface area contributed by atoms with Gasteiger partial charge in [0.05, 0.1) is 6.04 Å². The van der Waals surface area contributed by atoms with Crippen LogP contribution in [0.1, 0.15) is 33.1 Å². The predicted molar refractivity (Wildman–Crippen MR) is 52.7 cm³/mol. The van der Waals surface area contributed by atoms with Crippen LogP contribution in [0.4, 0.5) is 0 Å². The van der Waals surface area contributed by atoms with Gasteiger partial charge in [0.15, 0.2) is 5.78 Å². The number of amides is 1. The summed E-state index contributed by atoms with van der Waals surface area (Å²) in [6.45, 7) is 3.99. The van der Waals surface area contributed by atoms with Gasteiger partial charge in [-0.25, -0.2) is 0 Å². The third kappa shape index (κ3) is 1.35. The maximum atomic E-state index is 11.5. The summed E-state index contributed by atoms with van der Waals surface area (Å²) in [5.41, 5.74) is 0. The average Bonchev–Trinajstić information content (AvgIpc) is 2.58. The van der Waals surface area contributed by atoms with Crippen LogP contribution in [0.5, 0.6) is 0 Å². The van der Waals surface area contributed by atoms with E-state index < -0.39 is 0 Å². The molecule has 0 aromatic heterocycles. The van der Waals surface area contributed by atoms with Gasteiger partial charge < -0.3 is 4.90 Å². The third-order valence-electron chi connectivity index (χ3n) is 3.71. The zero-order valence-corrected chi connectivity index (χ0v) is 8.82. The summed E-state index contributed by atoms with van der Waals surface area (Å²) in [4.78, 5) is 24.6. The zero-order chi connectivity index (χ0) is 10.3. The molecule has 3 heteroatoms. The molecule has 3 nitrogen and oxygen atoms in total. The molecule has 0 radical (unpaired) electrons. The second kappa shape index (κ2) is 3.37. The molecule has 14 heavy (non-hydrogen) atoms. The van der Waals surface area contributed by atoms with Gasteiger partial charge in [0.2, 0.25) is 5.91 Å². The number of likely N-dealkylation sites (tertiary alicyclic amines) is 1. The Labute approximate surface area is 84.5 Å². The fourth-order valence-electron chi connectivity index (χ4n) is 3.15. The van der Waals surface area contributed by atoms with E-state index >= 15 is 0 Å². The van der Waals surface area contributed by atoms with E-state index in [4.69, 9.17) is 0 Å². The number of rotatable bonds is 1. The molecule has 1 saturated carbocycles. The van der Waals surface area contributed by atoms with E-state index in [2.05, 4.69) is 0 Å². The minimum absolute atomic E-state index is 0.0552. The lowest BCUT2D eigenvalue weighted by Gasteiger charge is -2.24. The molecule has 1 aliphatic heterocycles. The molecule has 0 aromatic rings. The van der Waals surface area contributed by atoms with Crippen LogP contribution < -0.4 is 0 Å². The van der Waals surface area contributed by atoms with Crippen LogP contribution in [0.25, 0.3) is 0 Å². The second-order valence-corrected chi connectivity index (χ2v) is 4.58. The highest BCUT2D eigenvalue weighted by molar-refractivity contribution is 5.87. The van der Waals surface area contributed by atoms with E-state index in [-0.39, 0.29) is 17.7 Å². The van der Waals surface area contributed by atoms with Crippen LogP contribution in [-0.2, 0) is 9.59 Å². The fraction of sp³-hybridized carbons (Fsp3) is 0.818. The van der Waals surface area contributed by atoms with Crippen LogP contribution in [-0.4, -0.2) is 29.2 Å². The molecule has 0 unspecified atom stereocenters. The molecule has 1 amide bonds. The van der Waals surface area contributed by atoms with Crippen molar-refractivity contribution in [2.24, 2.45) is 11.8 Å². The molecule has 0 N–H and O–H groups in total. The summed E-state index contributed by atoms with van der Waals surface area (Å²) in [5, 5.41) is 0. The minimum atomic E-state index is -0.111. The minimum Gasteiger partial charge on any atom is -0.332 e. The number of ketones is 1. The van der Waals surface area contributed by atoms with E-state index in [0.29, 0.717) is 11.8 Å². The first kappa shape index (κ1) is 9.69. The molecule has 2 rings (SSSR count). The van der Waals surface area contributed by atoms with Crippen molar-refractivity contribution in [2.45, 2.75) is 39.2 Å². The molecular formula is C11H17NO2. The normalized spacial score (nSPS) is 35.9. The SMILES string of the molecule is CC(=O)[C@@H]1[C@H]2CCC[C@H]2CN1C(C)=O. The summed E-state index contributed by atoms with van der Waals surface area (Å²) in [6, 6.07) is -0.111. The summed E-state index contributed by atoms with van der Waals surface area (Å²) in [6.07, 6.45) is 3.54. The molecule has 0 spiro atoms. The van der Waals surface area contributed by atoms with Crippen LogP contribution in [0.15, 0.2) is 0 Å². The Bertz CT molecular complexity index is 274. The molecule has 0 aromatic carbocycles. The molecule has 2 aliphatic rings. The first-order chi connectivity index (χ1) is 6.61. The lowest BCUT2D eigenvalue weighted by Crippen LogP contribution is -2.41. The van der Waals surface area contributed by atoms with Gasteiger partial charge in [-0.3, -0.25) is 9.59 Å². The molecule has 1 saturated heterocycles. The van der Waals surface area contributed by atoms with Crippen molar-refractivity contribution in [2.75, 3.05) is 6.54 Å². The van der Waals surface area contributed by atoms with E-state index in [0.717, 1.165) is 13.0 Å². The van der Waals surface area contributed by atoms with Crippen molar-refractivity contribution in [1.82, 2.24) is 4.90 Å². The molecular weight excluding hydrogens is 178 g/mol. The Hall–Kier alpha value is -0.860. The Morgan fingerprint density at radius 3 is 2.50 bits per heavy atom. The molecule has 78 valence electrons. The summed E-state index contributed by atoms with van der Waals surface area (Å²) >= 11 is 0. The number of carbonyl (C=O) groups excluding carboxylic acids is 2.